The zero-order chi connectivity index (χ0) is 19.3. The van der Waals surface area contributed by atoms with Gasteiger partial charge in [0.15, 0.2) is 5.65 Å². The number of esters is 1. The van der Waals surface area contributed by atoms with E-state index in [1.165, 1.54) is 0 Å². The number of imidazole rings is 1. The van der Waals surface area contributed by atoms with Gasteiger partial charge in [-0.3, -0.25) is 14.0 Å². The molecule has 0 saturated carbocycles. The molecule has 0 spiro atoms. The van der Waals surface area contributed by atoms with Crippen LogP contribution < -0.4 is 0 Å². The molecule has 0 saturated heterocycles. The summed E-state index contributed by atoms with van der Waals surface area (Å²) in [7, 11) is 0. The van der Waals surface area contributed by atoms with Gasteiger partial charge in [0.2, 0.25) is 0 Å². The Balaban J connectivity index is 2.39. The van der Waals surface area contributed by atoms with Gasteiger partial charge in [0.25, 0.3) is 5.91 Å². The summed E-state index contributed by atoms with van der Waals surface area (Å²) < 4.78 is 7.70. The second-order valence-electron chi connectivity index (χ2n) is 6.17. The van der Waals surface area contributed by atoms with Crippen molar-refractivity contribution in [3.8, 4) is 0 Å². The van der Waals surface area contributed by atoms with Gasteiger partial charge in [0, 0.05) is 19.3 Å². The number of fused-ring (bicyclic) bond motifs is 1. The van der Waals surface area contributed by atoms with Crippen LogP contribution in [-0.4, -0.2) is 45.9 Å². The lowest BCUT2D eigenvalue weighted by molar-refractivity contribution is -0.143. The Bertz CT molecular complexity index is 801. The van der Waals surface area contributed by atoms with Crippen molar-refractivity contribution in [2.75, 3.05) is 19.7 Å². The van der Waals surface area contributed by atoms with Crippen molar-refractivity contribution in [3.63, 3.8) is 0 Å². The fourth-order valence-corrected chi connectivity index (χ4v) is 3.59. The minimum absolute atomic E-state index is 0.0991. The van der Waals surface area contributed by atoms with Gasteiger partial charge in [-0.25, -0.2) is 4.98 Å². The summed E-state index contributed by atoms with van der Waals surface area (Å²) in [6.45, 7) is 9.04. The van der Waals surface area contributed by atoms with Gasteiger partial charge >= 0.3 is 5.97 Å². The summed E-state index contributed by atoms with van der Waals surface area (Å²) in [6, 6.07) is 1.99. The van der Waals surface area contributed by atoms with Crippen molar-refractivity contribution in [1.82, 2.24) is 14.3 Å². The van der Waals surface area contributed by atoms with Crippen LogP contribution in [0.5, 0.6) is 0 Å². The predicted octanol–water partition coefficient (Wildman–Crippen LogP) is 3.77. The molecule has 2 heterocycles. The Morgan fingerprint density at radius 2 is 2.00 bits per heavy atom. The standard InChI is InChI=1S/C19H26BrN3O3/c1-5-9-22(10-8-16(24)26-7-3)19(25)17-15(6-2)21-18-14(20)11-13(4)12-23(17)18/h11-12H,5-10H2,1-4H3. The second-order valence-corrected chi connectivity index (χ2v) is 7.02. The molecule has 142 valence electrons. The summed E-state index contributed by atoms with van der Waals surface area (Å²) in [5.41, 5.74) is 3.10. The Labute approximate surface area is 162 Å². The highest BCUT2D eigenvalue weighted by molar-refractivity contribution is 9.10. The Morgan fingerprint density at radius 3 is 2.62 bits per heavy atom. The molecule has 2 rings (SSSR count). The number of aryl methyl sites for hydroxylation is 2. The fourth-order valence-electron chi connectivity index (χ4n) is 2.95. The minimum Gasteiger partial charge on any atom is -0.466 e. The molecule has 0 unspecified atom stereocenters. The van der Waals surface area contributed by atoms with Crippen LogP contribution in [0.15, 0.2) is 16.7 Å². The average molecular weight is 424 g/mol. The number of halogens is 1. The molecule has 0 atom stereocenters. The molecule has 2 aromatic heterocycles. The molecular formula is C19H26BrN3O3. The maximum Gasteiger partial charge on any atom is 0.307 e. The normalized spacial score (nSPS) is 11.0. The average Bonchev–Trinajstić information content (AvgIpc) is 2.97. The van der Waals surface area contributed by atoms with Crippen molar-refractivity contribution in [1.29, 1.82) is 0 Å². The predicted molar refractivity (Wildman–Crippen MR) is 104 cm³/mol. The van der Waals surface area contributed by atoms with E-state index in [4.69, 9.17) is 4.74 Å². The molecule has 26 heavy (non-hydrogen) atoms. The topological polar surface area (TPSA) is 63.9 Å². The number of hydrogen-bond acceptors (Lipinski definition) is 4. The van der Waals surface area contributed by atoms with Crippen molar-refractivity contribution in [3.05, 3.63) is 33.7 Å². The van der Waals surface area contributed by atoms with Gasteiger partial charge in [-0.15, -0.1) is 0 Å². The van der Waals surface area contributed by atoms with E-state index >= 15 is 0 Å². The van der Waals surface area contributed by atoms with Crippen molar-refractivity contribution >= 4 is 33.5 Å². The summed E-state index contributed by atoms with van der Waals surface area (Å²) in [5.74, 6) is -0.383. The number of pyridine rings is 1. The molecule has 0 bridgehead atoms. The van der Waals surface area contributed by atoms with Crippen LogP contribution in [0.4, 0.5) is 0 Å². The lowest BCUT2D eigenvalue weighted by atomic mass is 10.2. The van der Waals surface area contributed by atoms with Gasteiger partial charge in [0.1, 0.15) is 5.69 Å². The number of hydrogen-bond donors (Lipinski definition) is 0. The smallest absolute Gasteiger partial charge is 0.307 e. The molecule has 0 radical (unpaired) electrons. The maximum atomic E-state index is 13.3. The van der Waals surface area contributed by atoms with E-state index in [1.54, 1.807) is 11.8 Å². The first-order valence-electron chi connectivity index (χ1n) is 9.04. The van der Waals surface area contributed by atoms with Crippen molar-refractivity contribution < 1.29 is 14.3 Å². The lowest BCUT2D eigenvalue weighted by Gasteiger charge is -2.22. The molecule has 1 amide bonds. The summed E-state index contributed by atoms with van der Waals surface area (Å²) in [6.07, 6.45) is 3.59. The Hall–Kier alpha value is -1.89. The molecule has 6 nitrogen and oxygen atoms in total. The Morgan fingerprint density at radius 1 is 1.27 bits per heavy atom. The third-order valence-corrected chi connectivity index (χ3v) is 4.68. The minimum atomic E-state index is -0.283. The second kappa shape index (κ2) is 9.16. The molecule has 0 aliphatic carbocycles. The number of carbonyl (C=O) groups excluding carboxylic acids is 2. The molecular weight excluding hydrogens is 398 g/mol. The fraction of sp³-hybridized carbons (Fsp3) is 0.526. The van der Waals surface area contributed by atoms with Gasteiger partial charge in [-0.1, -0.05) is 13.8 Å². The Kier molecular flexibility index (Phi) is 7.20. The third kappa shape index (κ3) is 4.44. The number of nitrogens with zero attached hydrogens (tertiary/aromatic N) is 3. The molecule has 0 aromatic carbocycles. The highest BCUT2D eigenvalue weighted by Gasteiger charge is 2.24. The number of aromatic nitrogens is 2. The summed E-state index contributed by atoms with van der Waals surface area (Å²) in [5, 5.41) is 0. The van der Waals surface area contributed by atoms with Gasteiger partial charge in [-0.2, -0.15) is 0 Å². The highest BCUT2D eigenvalue weighted by Crippen LogP contribution is 2.24. The zero-order valence-electron chi connectivity index (χ0n) is 15.8. The zero-order valence-corrected chi connectivity index (χ0v) is 17.4. The van der Waals surface area contributed by atoms with E-state index in [1.807, 2.05) is 37.4 Å². The third-order valence-electron chi connectivity index (χ3n) is 4.09. The molecule has 0 fully saturated rings. The largest absolute Gasteiger partial charge is 0.466 e. The summed E-state index contributed by atoms with van der Waals surface area (Å²) >= 11 is 3.54. The number of ether oxygens (including phenoxy) is 1. The number of carbonyl (C=O) groups is 2. The maximum absolute atomic E-state index is 13.3. The number of amides is 1. The highest BCUT2D eigenvalue weighted by atomic mass is 79.9. The van der Waals surface area contributed by atoms with Crippen molar-refractivity contribution in [2.24, 2.45) is 0 Å². The van der Waals surface area contributed by atoms with E-state index in [0.29, 0.717) is 31.8 Å². The lowest BCUT2D eigenvalue weighted by Crippen LogP contribution is -2.35. The van der Waals surface area contributed by atoms with Crippen LogP contribution in [0.1, 0.15) is 55.4 Å². The van der Waals surface area contributed by atoms with Crippen LogP contribution in [0.25, 0.3) is 5.65 Å². The molecule has 2 aromatic rings. The number of rotatable bonds is 8. The van der Waals surface area contributed by atoms with E-state index in [2.05, 4.69) is 20.9 Å². The van der Waals surface area contributed by atoms with Crippen LogP contribution in [0, 0.1) is 6.92 Å². The van der Waals surface area contributed by atoms with Gasteiger partial charge < -0.3 is 9.64 Å². The van der Waals surface area contributed by atoms with Crippen molar-refractivity contribution in [2.45, 2.75) is 47.0 Å². The van der Waals surface area contributed by atoms with Gasteiger partial charge in [-0.05, 0) is 54.2 Å². The quantitative estimate of drug-likeness (QED) is 0.606. The van der Waals surface area contributed by atoms with E-state index in [-0.39, 0.29) is 18.3 Å². The molecule has 0 aliphatic heterocycles. The van der Waals surface area contributed by atoms with Crippen LogP contribution in [0.3, 0.4) is 0 Å². The van der Waals surface area contributed by atoms with E-state index < -0.39 is 0 Å². The van der Waals surface area contributed by atoms with Gasteiger partial charge in [0.05, 0.1) is 23.2 Å². The SMILES string of the molecule is CCCN(CCC(=O)OCC)C(=O)c1c(CC)nc2c(Br)cc(C)cn12. The van der Waals surface area contributed by atoms with Crippen LogP contribution in [-0.2, 0) is 16.0 Å². The first-order valence-corrected chi connectivity index (χ1v) is 9.84. The van der Waals surface area contributed by atoms with Crippen LogP contribution in [0.2, 0.25) is 0 Å². The first-order chi connectivity index (χ1) is 12.4. The first kappa shape index (κ1) is 20.4. The molecule has 0 aliphatic rings. The summed E-state index contributed by atoms with van der Waals surface area (Å²) in [4.78, 5) is 31.3. The molecule has 7 heteroatoms. The van der Waals surface area contributed by atoms with E-state index in [0.717, 1.165) is 27.8 Å². The monoisotopic (exact) mass is 423 g/mol. The van der Waals surface area contributed by atoms with E-state index in [9.17, 15) is 9.59 Å². The van der Waals surface area contributed by atoms with Crippen LogP contribution >= 0.6 is 15.9 Å². The molecule has 0 N–H and O–H groups in total.